The molecule has 0 aromatic heterocycles. The number of hydrogen-bond donors (Lipinski definition) is 0. The number of rotatable bonds is 4. The van der Waals surface area contributed by atoms with E-state index in [1.165, 1.54) is 0 Å². The maximum Gasteiger partial charge on any atom is 0.160 e. The molecule has 0 aromatic carbocycles. The molecule has 0 aromatic rings. The third-order valence-corrected chi connectivity index (χ3v) is 3.25. The smallest absolute Gasteiger partial charge is 0.160 e. The zero-order valence-corrected chi connectivity index (χ0v) is 15.9. The van der Waals surface area contributed by atoms with Crippen molar-refractivity contribution in [2.45, 2.75) is 59.9 Å². The molecule has 2 fully saturated rings. The summed E-state index contributed by atoms with van der Waals surface area (Å²) < 4.78 is 30.4. The molecule has 140 valence electrons. The predicted molar refractivity (Wildman–Crippen MR) is 89.2 cm³/mol. The Kier molecular flexibility index (Phi) is 14.0. The Labute approximate surface area is 141 Å². The van der Waals surface area contributed by atoms with Gasteiger partial charge in [0.05, 0.1) is 26.4 Å². The Hall–Kier alpha value is -0.240. The van der Waals surface area contributed by atoms with Crippen LogP contribution in [0.2, 0.25) is 0 Å². The highest BCUT2D eigenvalue weighted by Gasteiger charge is 2.18. The third-order valence-electron chi connectivity index (χ3n) is 3.25. The minimum absolute atomic E-state index is 0.0544. The first kappa shape index (κ1) is 22.8. The molecule has 0 radical (unpaired) electrons. The van der Waals surface area contributed by atoms with Crippen LogP contribution in [0, 0.1) is 11.8 Å². The molecule has 0 saturated carbocycles. The monoisotopic (exact) mass is 336 g/mol. The standard InChI is InChI=1S/C7H14O2.C6H12O2.C4H10O2/c1-6(2)7-8-4-3-5-9-7;1-5(2)6-7-3-4-8-6;1-4(5-2)6-3/h6-7H,3-5H2,1-2H3;5-6H,3-4H2,1-2H3;4H,1-3H3. The Morgan fingerprint density at radius 2 is 1.00 bits per heavy atom. The van der Waals surface area contributed by atoms with Crippen LogP contribution in [0.5, 0.6) is 0 Å². The normalized spacial score (nSPS) is 19.6. The zero-order valence-electron chi connectivity index (χ0n) is 15.9. The van der Waals surface area contributed by atoms with Crippen molar-refractivity contribution in [2.24, 2.45) is 11.8 Å². The summed E-state index contributed by atoms with van der Waals surface area (Å²) in [6.07, 6.45) is 1.10. The summed E-state index contributed by atoms with van der Waals surface area (Å²) in [7, 11) is 3.21. The van der Waals surface area contributed by atoms with Gasteiger partial charge in [0.2, 0.25) is 0 Å². The van der Waals surface area contributed by atoms with Crippen LogP contribution >= 0.6 is 0 Å². The van der Waals surface area contributed by atoms with Gasteiger partial charge in [-0.15, -0.1) is 0 Å². The molecule has 0 bridgehead atoms. The molecule has 0 aliphatic carbocycles. The fourth-order valence-electron chi connectivity index (χ4n) is 1.75. The van der Waals surface area contributed by atoms with E-state index in [1.54, 1.807) is 14.2 Å². The van der Waals surface area contributed by atoms with E-state index in [-0.39, 0.29) is 18.9 Å². The predicted octanol–water partition coefficient (Wildman–Crippen LogP) is 3.05. The minimum atomic E-state index is -0.0648. The molecular formula is C17H36O6. The maximum absolute atomic E-state index is 5.32. The number of methoxy groups -OCH3 is 2. The summed E-state index contributed by atoms with van der Waals surface area (Å²) in [5.41, 5.74) is 0. The van der Waals surface area contributed by atoms with Gasteiger partial charge in [-0.3, -0.25) is 0 Å². The molecule has 0 N–H and O–H groups in total. The first-order chi connectivity index (χ1) is 10.9. The third kappa shape index (κ3) is 11.9. The summed E-state index contributed by atoms with van der Waals surface area (Å²) in [5, 5.41) is 0. The van der Waals surface area contributed by atoms with Crippen LogP contribution in [-0.4, -0.2) is 59.5 Å². The molecule has 2 aliphatic heterocycles. The van der Waals surface area contributed by atoms with E-state index in [9.17, 15) is 0 Å². The largest absolute Gasteiger partial charge is 0.356 e. The second-order valence-electron chi connectivity index (χ2n) is 6.10. The Morgan fingerprint density at radius 1 is 0.652 bits per heavy atom. The molecule has 2 saturated heterocycles. The number of hydrogen-bond acceptors (Lipinski definition) is 6. The first-order valence-electron chi connectivity index (χ1n) is 8.44. The second kappa shape index (κ2) is 14.1. The molecule has 0 atom stereocenters. The number of ether oxygens (including phenoxy) is 6. The lowest BCUT2D eigenvalue weighted by Crippen LogP contribution is -2.29. The van der Waals surface area contributed by atoms with Crippen molar-refractivity contribution >= 4 is 0 Å². The van der Waals surface area contributed by atoms with Crippen LogP contribution in [0.15, 0.2) is 0 Å². The molecule has 2 rings (SSSR count). The van der Waals surface area contributed by atoms with E-state index in [4.69, 9.17) is 18.9 Å². The van der Waals surface area contributed by atoms with Crippen LogP contribution in [0.3, 0.4) is 0 Å². The van der Waals surface area contributed by atoms with Crippen molar-refractivity contribution in [3.63, 3.8) is 0 Å². The quantitative estimate of drug-likeness (QED) is 0.736. The van der Waals surface area contributed by atoms with E-state index in [1.807, 2.05) is 6.92 Å². The highest BCUT2D eigenvalue weighted by Crippen LogP contribution is 2.13. The first-order valence-corrected chi connectivity index (χ1v) is 8.44. The Bertz CT molecular complexity index is 243. The summed E-state index contributed by atoms with van der Waals surface area (Å²) in [6.45, 7) is 13.5. The van der Waals surface area contributed by atoms with E-state index >= 15 is 0 Å². The summed E-state index contributed by atoms with van der Waals surface area (Å²) in [5.74, 6) is 0.989. The molecule has 0 amide bonds. The van der Waals surface area contributed by atoms with Gasteiger partial charge in [-0.2, -0.15) is 0 Å². The average molecular weight is 336 g/mol. The fraction of sp³-hybridized carbons (Fsp3) is 1.00. The fourth-order valence-corrected chi connectivity index (χ4v) is 1.75. The Morgan fingerprint density at radius 3 is 1.22 bits per heavy atom. The van der Waals surface area contributed by atoms with Crippen molar-refractivity contribution < 1.29 is 28.4 Å². The Balaban J connectivity index is 0.000000323. The molecule has 6 heteroatoms. The highest BCUT2D eigenvalue weighted by molar-refractivity contribution is 4.55. The van der Waals surface area contributed by atoms with Gasteiger partial charge in [0.15, 0.2) is 18.9 Å². The molecule has 23 heavy (non-hydrogen) atoms. The van der Waals surface area contributed by atoms with Gasteiger partial charge in [-0.05, 0) is 13.3 Å². The van der Waals surface area contributed by atoms with Crippen LogP contribution in [-0.2, 0) is 28.4 Å². The SMILES string of the molecule is CC(C)C1OCCCO1.CC(C)C1OCCO1.COC(C)OC. The van der Waals surface area contributed by atoms with Crippen molar-refractivity contribution in [1.82, 2.24) is 0 Å². The average Bonchev–Trinajstić information content (AvgIpc) is 3.11. The van der Waals surface area contributed by atoms with Gasteiger partial charge < -0.3 is 28.4 Å². The van der Waals surface area contributed by atoms with Gasteiger partial charge >= 0.3 is 0 Å². The molecule has 0 spiro atoms. The molecular weight excluding hydrogens is 300 g/mol. The van der Waals surface area contributed by atoms with Crippen molar-refractivity contribution in [1.29, 1.82) is 0 Å². The van der Waals surface area contributed by atoms with Crippen LogP contribution < -0.4 is 0 Å². The summed E-state index contributed by atoms with van der Waals surface area (Å²) >= 11 is 0. The van der Waals surface area contributed by atoms with Gasteiger partial charge in [-0.1, -0.05) is 27.7 Å². The van der Waals surface area contributed by atoms with E-state index in [0.717, 1.165) is 32.8 Å². The van der Waals surface area contributed by atoms with Gasteiger partial charge in [0.25, 0.3) is 0 Å². The topological polar surface area (TPSA) is 55.4 Å². The van der Waals surface area contributed by atoms with Gasteiger partial charge in [-0.25, -0.2) is 0 Å². The van der Waals surface area contributed by atoms with E-state index < -0.39 is 0 Å². The second-order valence-corrected chi connectivity index (χ2v) is 6.10. The lowest BCUT2D eigenvalue weighted by molar-refractivity contribution is -0.198. The lowest BCUT2D eigenvalue weighted by atomic mass is 10.2. The van der Waals surface area contributed by atoms with Gasteiger partial charge in [0.1, 0.15) is 0 Å². The van der Waals surface area contributed by atoms with E-state index in [0.29, 0.717) is 11.8 Å². The minimum Gasteiger partial charge on any atom is -0.356 e. The zero-order chi connectivity index (χ0) is 17.7. The van der Waals surface area contributed by atoms with Crippen molar-refractivity contribution in [2.75, 3.05) is 40.6 Å². The lowest BCUT2D eigenvalue weighted by Gasteiger charge is -2.25. The van der Waals surface area contributed by atoms with Crippen molar-refractivity contribution in [3.8, 4) is 0 Å². The molecule has 0 unspecified atom stereocenters. The highest BCUT2D eigenvalue weighted by atomic mass is 16.7. The molecule has 2 aliphatic rings. The molecule has 6 nitrogen and oxygen atoms in total. The van der Waals surface area contributed by atoms with Crippen LogP contribution in [0.1, 0.15) is 41.0 Å². The van der Waals surface area contributed by atoms with E-state index in [2.05, 4.69) is 37.2 Å². The summed E-state index contributed by atoms with van der Waals surface area (Å²) in [6, 6.07) is 0. The molecule has 2 heterocycles. The van der Waals surface area contributed by atoms with Crippen LogP contribution in [0.25, 0.3) is 0 Å². The maximum atomic E-state index is 5.32. The van der Waals surface area contributed by atoms with Crippen molar-refractivity contribution in [3.05, 3.63) is 0 Å². The van der Waals surface area contributed by atoms with Gasteiger partial charge in [0, 0.05) is 26.1 Å². The van der Waals surface area contributed by atoms with Crippen LogP contribution in [0.4, 0.5) is 0 Å². The summed E-state index contributed by atoms with van der Waals surface area (Å²) in [4.78, 5) is 0.